The van der Waals surface area contributed by atoms with E-state index in [-0.39, 0.29) is 36.5 Å². The van der Waals surface area contributed by atoms with E-state index >= 15 is 0 Å². The van der Waals surface area contributed by atoms with Gasteiger partial charge in [0, 0.05) is 24.2 Å². The smallest absolute Gasteiger partial charge is 0.257 e. The van der Waals surface area contributed by atoms with Crippen molar-refractivity contribution in [3.8, 4) is 17.2 Å². The first-order chi connectivity index (χ1) is 17.7. The lowest BCUT2D eigenvalue weighted by Gasteiger charge is -2.13. The summed E-state index contributed by atoms with van der Waals surface area (Å²) in [6, 6.07) is 9.58. The van der Waals surface area contributed by atoms with Crippen molar-refractivity contribution in [2.24, 2.45) is 0 Å². The standard InChI is InChI=1S/C30H46N2O4.HI/c1-4-6-7-8-9-10-11-12-13-14-22-35-27-17-18-28(29(23-27)34-3)36-25-30(33)31-20-19-26-16-15-21-32(5-2)24-26;/h15-18,21,23-24H,4-14,19-20,22,25H2,1-3H3;1H. The van der Waals surface area contributed by atoms with Crippen molar-refractivity contribution >= 4 is 5.91 Å². The first-order valence-electron chi connectivity index (χ1n) is 13.8. The van der Waals surface area contributed by atoms with Crippen LogP contribution in [0.25, 0.3) is 0 Å². The minimum Gasteiger partial charge on any atom is -1.00 e. The fourth-order valence-corrected chi connectivity index (χ4v) is 4.10. The molecule has 0 aliphatic heterocycles. The van der Waals surface area contributed by atoms with Crippen molar-refractivity contribution in [1.82, 2.24) is 5.32 Å². The number of carbonyl (C=O) groups is 1. The summed E-state index contributed by atoms with van der Waals surface area (Å²) in [5.74, 6) is 1.70. The van der Waals surface area contributed by atoms with E-state index in [1.807, 2.05) is 24.4 Å². The second kappa shape index (κ2) is 21.0. The number of nitrogens with zero attached hydrogens (tertiary/aromatic N) is 1. The van der Waals surface area contributed by atoms with Crippen molar-refractivity contribution in [2.75, 3.05) is 26.9 Å². The van der Waals surface area contributed by atoms with Crippen LogP contribution in [-0.2, 0) is 17.8 Å². The van der Waals surface area contributed by atoms with Crippen LogP contribution in [0, 0.1) is 0 Å². The molecule has 7 heteroatoms. The van der Waals surface area contributed by atoms with Crippen LogP contribution in [0.2, 0.25) is 0 Å². The Kier molecular flexibility index (Phi) is 18.7. The highest BCUT2D eigenvalue weighted by molar-refractivity contribution is 5.77. The van der Waals surface area contributed by atoms with Crippen molar-refractivity contribution in [1.29, 1.82) is 0 Å². The quantitative estimate of drug-likeness (QED) is 0.140. The lowest BCUT2D eigenvalue weighted by molar-refractivity contribution is -0.694. The van der Waals surface area contributed by atoms with E-state index in [2.05, 4.69) is 36.0 Å². The molecule has 2 rings (SSSR count). The minimum atomic E-state index is -0.155. The Morgan fingerprint density at radius 3 is 2.27 bits per heavy atom. The molecule has 1 amide bonds. The average Bonchev–Trinajstić information content (AvgIpc) is 2.91. The Balaban J connectivity index is 0.00000684. The maximum Gasteiger partial charge on any atom is 0.257 e. The normalized spacial score (nSPS) is 10.5. The zero-order chi connectivity index (χ0) is 25.8. The van der Waals surface area contributed by atoms with Crippen molar-refractivity contribution < 1.29 is 47.5 Å². The highest BCUT2D eigenvalue weighted by atomic mass is 127. The van der Waals surface area contributed by atoms with Crippen molar-refractivity contribution in [3.05, 3.63) is 48.3 Å². The van der Waals surface area contributed by atoms with Crippen LogP contribution < -0.4 is 48.1 Å². The molecule has 1 aromatic carbocycles. The highest BCUT2D eigenvalue weighted by Crippen LogP contribution is 2.31. The molecular formula is C30H47IN2O4. The van der Waals surface area contributed by atoms with Gasteiger partial charge in [-0.05, 0) is 38.0 Å². The van der Waals surface area contributed by atoms with Gasteiger partial charge in [-0.2, -0.15) is 0 Å². The predicted molar refractivity (Wildman–Crippen MR) is 145 cm³/mol. The molecule has 0 aliphatic carbocycles. The van der Waals surface area contributed by atoms with Gasteiger partial charge in [-0.1, -0.05) is 64.7 Å². The summed E-state index contributed by atoms with van der Waals surface area (Å²) in [7, 11) is 1.59. The topological polar surface area (TPSA) is 60.7 Å². The van der Waals surface area contributed by atoms with Crippen LogP contribution in [0.4, 0.5) is 0 Å². The van der Waals surface area contributed by atoms with Crippen LogP contribution in [0.5, 0.6) is 17.2 Å². The molecular weight excluding hydrogens is 579 g/mol. The summed E-state index contributed by atoms with van der Waals surface area (Å²) in [4.78, 5) is 12.2. The Hall–Kier alpha value is -2.03. The maximum absolute atomic E-state index is 12.2. The second-order valence-electron chi connectivity index (χ2n) is 9.27. The zero-order valence-corrected chi connectivity index (χ0v) is 25.3. The van der Waals surface area contributed by atoms with Crippen molar-refractivity contribution in [3.63, 3.8) is 0 Å². The number of amides is 1. The number of ether oxygens (including phenoxy) is 3. The van der Waals surface area contributed by atoms with Gasteiger partial charge in [0.15, 0.2) is 30.5 Å². The molecule has 0 unspecified atom stereocenters. The number of nitrogens with one attached hydrogen (secondary N) is 1. The van der Waals surface area contributed by atoms with Gasteiger partial charge in [0.1, 0.15) is 12.3 Å². The largest absolute Gasteiger partial charge is 1.00 e. The Labute approximate surface area is 241 Å². The number of pyridine rings is 1. The number of hydrogen-bond acceptors (Lipinski definition) is 4. The van der Waals surface area contributed by atoms with Gasteiger partial charge in [0.2, 0.25) is 0 Å². The molecule has 0 bridgehead atoms. The molecule has 6 nitrogen and oxygen atoms in total. The van der Waals surface area contributed by atoms with Crippen LogP contribution in [0.15, 0.2) is 42.7 Å². The van der Waals surface area contributed by atoms with E-state index in [1.54, 1.807) is 13.2 Å². The van der Waals surface area contributed by atoms with Crippen LogP contribution in [-0.4, -0.2) is 32.8 Å². The lowest BCUT2D eigenvalue weighted by Crippen LogP contribution is -3.00. The molecule has 208 valence electrons. The van der Waals surface area contributed by atoms with E-state index in [9.17, 15) is 4.79 Å². The number of rotatable bonds is 20. The molecule has 0 saturated heterocycles. The monoisotopic (exact) mass is 626 g/mol. The number of aryl methyl sites for hydroxylation is 1. The van der Waals surface area contributed by atoms with Gasteiger partial charge in [-0.3, -0.25) is 4.79 Å². The van der Waals surface area contributed by atoms with Gasteiger partial charge in [0.05, 0.1) is 13.7 Å². The summed E-state index contributed by atoms with van der Waals surface area (Å²) in [6.45, 7) is 6.50. The maximum atomic E-state index is 12.2. The van der Waals surface area contributed by atoms with E-state index in [4.69, 9.17) is 14.2 Å². The Morgan fingerprint density at radius 2 is 1.59 bits per heavy atom. The second-order valence-corrected chi connectivity index (χ2v) is 9.27. The van der Waals surface area contributed by atoms with E-state index < -0.39 is 0 Å². The first kappa shape index (κ1) is 33.0. The fraction of sp³-hybridized carbons (Fsp3) is 0.600. The molecule has 2 aromatic rings. The lowest BCUT2D eigenvalue weighted by atomic mass is 10.1. The molecule has 0 aliphatic rings. The number of benzene rings is 1. The molecule has 1 N–H and O–H groups in total. The predicted octanol–water partition coefficient (Wildman–Crippen LogP) is 3.04. The number of unbranched alkanes of at least 4 members (excludes halogenated alkanes) is 9. The molecule has 0 fully saturated rings. The summed E-state index contributed by atoms with van der Waals surface area (Å²) in [5.41, 5.74) is 1.19. The van der Waals surface area contributed by atoms with Crippen LogP contribution in [0.1, 0.15) is 83.6 Å². The van der Waals surface area contributed by atoms with Gasteiger partial charge in [0.25, 0.3) is 5.91 Å². The number of carbonyl (C=O) groups excluding carboxylic acids is 1. The number of aromatic nitrogens is 1. The van der Waals surface area contributed by atoms with Gasteiger partial charge in [-0.15, -0.1) is 0 Å². The number of hydrogen-bond donors (Lipinski definition) is 1. The minimum absolute atomic E-state index is 0. The number of halogens is 1. The molecule has 37 heavy (non-hydrogen) atoms. The van der Waals surface area contributed by atoms with E-state index in [0.717, 1.165) is 25.1 Å². The Morgan fingerprint density at radius 1 is 0.892 bits per heavy atom. The van der Waals surface area contributed by atoms with Crippen molar-refractivity contribution in [2.45, 2.75) is 91.0 Å². The van der Waals surface area contributed by atoms with Crippen LogP contribution in [0.3, 0.4) is 0 Å². The molecule has 1 aromatic heterocycles. The van der Waals surface area contributed by atoms with Crippen LogP contribution >= 0.6 is 0 Å². The first-order valence-corrected chi connectivity index (χ1v) is 13.8. The summed E-state index contributed by atoms with van der Waals surface area (Å²) in [6.07, 6.45) is 18.0. The molecule has 0 saturated carbocycles. The zero-order valence-electron chi connectivity index (χ0n) is 23.1. The summed E-state index contributed by atoms with van der Waals surface area (Å²) < 4.78 is 19.2. The third-order valence-electron chi connectivity index (χ3n) is 6.28. The SMILES string of the molecule is CCCCCCCCCCCCOc1ccc(OCC(=O)NCCc2ccc[n+](CC)c2)c(OC)c1.[I-]. The highest BCUT2D eigenvalue weighted by Gasteiger charge is 2.10. The number of methoxy groups -OCH3 is 1. The van der Waals surface area contributed by atoms with Gasteiger partial charge < -0.3 is 43.5 Å². The molecule has 0 spiro atoms. The average molecular weight is 627 g/mol. The Bertz CT molecular complexity index is 878. The molecule has 0 radical (unpaired) electrons. The third-order valence-corrected chi connectivity index (χ3v) is 6.28. The fourth-order valence-electron chi connectivity index (χ4n) is 4.10. The summed E-state index contributed by atoms with van der Waals surface area (Å²) >= 11 is 0. The molecule has 0 atom stereocenters. The third kappa shape index (κ3) is 14.5. The summed E-state index contributed by atoms with van der Waals surface area (Å²) in [5, 5.41) is 2.91. The molecule has 1 heterocycles. The van der Waals surface area contributed by atoms with E-state index in [0.29, 0.717) is 24.7 Å². The van der Waals surface area contributed by atoms with Gasteiger partial charge in [-0.25, -0.2) is 4.57 Å². The van der Waals surface area contributed by atoms with Gasteiger partial charge >= 0.3 is 0 Å². The van der Waals surface area contributed by atoms with E-state index in [1.165, 1.54) is 63.4 Å².